The molecule has 0 atom stereocenters. The SMILES string of the molecule is CSCCNc1nc(Cl)ccc1[N+](=O)[O-]. The van der Waals surface area contributed by atoms with Crippen LogP contribution in [0.15, 0.2) is 12.1 Å². The summed E-state index contributed by atoms with van der Waals surface area (Å²) in [6.45, 7) is 0.620. The van der Waals surface area contributed by atoms with Gasteiger partial charge in [0.05, 0.1) is 4.92 Å². The van der Waals surface area contributed by atoms with Gasteiger partial charge in [-0.1, -0.05) is 11.6 Å². The highest BCUT2D eigenvalue weighted by atomic mass is 35.5. The number of hydrogen-bond acceptors (Lipinski definition) is 5. The molecule has 1 aromatic heterocycles. The van der Waals surface area contributed by atoms with Crippen LogP contribution in [0.3, 0.4) is 0 Å². The maximum absolute atomic E-state index is 10.6. The Labute approximate surface area is 96.4 Å². The van der Waals surface area contributed by atoms with E-state index in [1.807, 2.05) is 6.26 Å². The Morgan fingerprint density at radius 3 is 3.00 bits per heavy atom. The second-order valence-corrected chi connectivity index (χ2v) is 4.05. The Bertz CT molecular complexity index is 362. The summed E-state index contributed by atoms with van der Waals surface area (Å²) in [5.41, 5.74) is -0.0551. The largest absolute Gasteiger partial charge is 0.363 e. The third kappa shape index (κ3) is 3.56. The van der Waals surface area contributed by atoms with Crippen molar-refractivity contribution in [1.82, 2.24) is 4.98 Å². The molecular weight excluding hydrogens is 238 g/mol. The predicted octanol–water partition coefficient (Wildman–Crippen LogP) is 2.42. The van der Waals surface area contributed by atoms with E-state index in [0.29, 0.717) is 6.54 Å². The van der Waals surface area contributed by atoms with Crippen LogP contribution in [0.1, 0.15) is 0 Å². The monoisotopic (exact) mass is 247 g/mol. The predicted molar refractivity (Wildman–Crippen MR) is 62.8 cm³/mol. The van der Waals surface area contributed by atoms with Crippen molar-refractivity contribution in [3.8, 4) is 0 Å². The molecule has 5 nitrogen and oxygen atoms in total. The molecule has 0 radical (unpaired) electrons. The van der Waals surface area contributed by atoms with Crippen molar-refractivity contribution >= 4 is 34.9 Å². The minimum atomic E-state index is -0.481. The molecule has 1 rings (SSSR count). The van der Waals surface area contributed by atoms with Crippen LogP contribution < -0.4 is 5.32 Å². The summed E-state index contributed by atoms with van der Waals surface area (Å²) in [6, 6.07) is 2.75. The van der Waals surface area contributed by atoms with E-state index in [9.17, 15) is 10.1 Å². The summed E-state index contributed by atoms with van der Waals surface area (Å²) in [4.78, 5) is 14.0. The molecule has 1 N–H and O–H groups in total. The Morgan fingerprint density at radius 1 is 1.67 bits per heavy atom. The molecular formula is C8H10ClN3O2S. The van der Waals surface area contributed by atoms with Crippen molar-refractivity contribution in [2.75, 3.05) is 23.9 Å². The first-order valence-electron chi connectivity index (χ1n) is 4.19. The lowest BCUT2D eigenvalue weighted by molar-refractivity contribution is -0.384. The fourth-order valence-corrected chi connectivity index (χ4v) is 1.43. The molecule has 0 saturated carbocycles. The zero-order valence-electron chi connectivity index (χ0n) is 8.07. The number of thioether (sulfide) groups is 1. The van der Waals surface area contributed by atoms with Crippen LogP contribution in [0.2, 0.25) is 5.15 Å². The Hall–Kier alpha value is -1.01. The van der Waals surface area contributed by atoms with E-state index in [1.165, 1.54) is 12.1 Å². The van der Waals surface area contributed by atoms with Crippen molar-refractivity contribution in [2.24, 2.45) is 0 Å². The lowest BCUT2D eigenvalue weighted by Crippen LogP contribution is -2.07. The zero-order chi connectivity index (χ0) is 11.3. The van der Waals surface area contributed by atoms with E-state index in [2.05, 4.69) is 10.3 Å². The number of nitro groups is 1. The fraction of sp³-hybridized carbons (Fsp3) is 0.375. The van der Waals surface area contributed by atoms with Gasteiger partial charge in [-0.15, -0.1) is 0 Å². The average molecular weight is 248 g/mol. The summed E-state index contributed by atoms with van der Waals surface area (Å²) in [5, 5.41) is 13.8. The second-order valence-electron chi connectivity index (χ2n) is 2.68. The number of hydrogen-bond donors (Lipinski definition) is 1. The van der Waals surface area contributed by atoms with Gasteiger partial charge in [-0.25, -0.2) is 4.98 Å². The molecule has 0 unspecified atom stereocenters. The van der Waals surface area contributed by atoms with Gasteiger partial charge in [0.15, 0.2) is 0 Å². The second kappa shape index (κ2) is 5.77. The maximum Gasteiger partial charge on any atom is 0.311 e. The molecule has 1 aromatic rings. The third-order valence-corrected chi connectivity index (χ3v) is 2.46. The molecule has 0 spiro atoms. The van der Waals surface area contributed by atoms with Crippen molar-refractivity contribution in [3.05, 3.63) is 27.4 Å². The third-order valence-electron chi connectivity index (χ3n) is 1.64. The Kier molecular flexibility index (Phi) is 4.64. The van der Waals surface area contributed by atoms with E-state index in [1.54, 1.807) is 11.8 Å². The highest BCUT2D eigenvalue weighted by molar-refractivity contribution is 7.98. The standard InChI is InChI=1S/C8H10ClN3O2S/c1-15-5-4-10-8-6(12(13)14)2-3-7(9)11-8/h2-3H,4-5H2,1H3,(H,10,11). The highest BCUT2D eigenvalue weighted by Crippen LogP contribution is 2.23. The van der Waals surface area contributed by atoms with Gasteiger partial charge in [0.2, 0.25) is 5.82 Å². The van der Waals surface area contributed by atoms with Crippen LogP contribution in [0.4, 0.5) is 11.5 Å². The minimum absolute atomic E-state index is 0.0551. The summed E-state index contributed by atoms with van der Waals surface area (Å²) in [6.07, 6.45) is 1.96. The van der Waals surface area contributed by atoms with Crippen LogP contribution >= 0.6 is 23.4 Å². The first kappa shape index (κ1) is 12.1. The van der Waals surface area contributed by atoms with Crippen molar-refractivity contribution in [2.45, 2.75) is 0 Å². The van der Waals surface area contributed by atoms with Gasteiger partial charge in [-0.3, -0.25) is 10.1 Å². The smallest absolute Gasteiger partial charge is 0.311 e. The van der Waals surface area contributed by atoms with Crippen LogP contribution in [0.5, 0.6) is 0 Å². The van der Waals surface area contributed by atoms with Crippen LogP contribution in [0, 0.1) is 10.1 Å². The first-order chi connectivity index (χ1) is 7.15. The lowest BCUT2D eigenvalue weighted by atomic mass is 10.4. The van der Waals surface area contributed by atoms with Crippen LogP contribution in [0.25, 0.3) is 0 Å². The summed E-state index contributed by atoms with van der Waals surface area (Å²) in [7, 11) is 0. The van der Waals surface area contributed by atoms with Crippen LogP contribution in [-0.4, -0.2) is 28.5 Å². The van der Waals surface area contributed by atoms with Gasteiger partial charge in [-0.2, -0.15) is 11.8 Å². The molecule has 0 aliphatic carbocycles. The Balaban J connectivity index is 2.82. The minimum Gasteiger partial charge on any atom is -0.363 e. The molecule has 7 heteroatoms. The number of aromatic nitrogens is 1. The molecule has 0 saturated heterocycles. The molecule has 0 bridgehead atoms. The van der Waals surface area contributed by atoms with Crippen molar-refractivity contribution in [1.29, 1.82) is 0 Å². The number of halogens is 1. The van der Waals surface area contributed by atoms with Crippen molar-refractivity contribution < 1.29 is 4.92 Å². The van der Waals surface area contributed by atoms with E-state index in [4.69, 9.17) is 11.6 Å². The molecule has 0 aliphatic heterocycles. The van der Waals surface area contributed by atoms with Gasteiger partial charge >= 0.3 is 5.69 Å². The summed E-state index contributed by atoms with van der Waals surface area (Å²) in [5.74, 6) is 1.08. The van der Waals surface area contributed by atoms with Crippen LogP contribution in [-0.2, 0) is 0 Å². The number of pyridine rings is 1. The molecule has 0 amide bonds. The average Bonchev–Trinajstić information content (AvgIpc) is 2.18. The van der Waals surface area contributed by atoms with Gasteiger partial charge < -0.3 is 5.32 Å². The van der Waals surface area contributed by atoms with Gasteiger partial charge in [0.1, 0.15) is 5.15 Å². The number of nitrogens with zero attached hydrogens (tertiary/aromatic N) is 2. The molecule has 0 aliphatic rings. The highest BCUT2D eigenvalue weighted by Gasteiger charge is 2.14. The summed E-state index contributed by atoms with van der Waals surface area (Å²) < 4.78 is 0. The maximum atomic E-state index is 10.6. The van der Waals surface area contributed by atoms with E-state index >= 15 is 0 Å². The zero-order valence-corrected chi connectivity index (χ0v) is 9.64. The number of anilines is 1. The van der Waals surface area contributed by atoms with E-state index in [-0.39, 0.29) is 16.7 Å². The number of nitrogens with one attached hydrogen (secondary N) is 1. The molecule has 0 fully saturated rings. The molecule has 15 heavy (non-hydrogen) atoms. The van der Waals surface area contributed by atoms with E-state index < -0.39 is 4.92 Å². The van der Waals surface area contributed by atoms with Crippen molar-refractivity contribution in [3.63, 3.8) is 0 Å². The normalized spacial score (nSPS) is 10.0. The molecule has 82 valence electrons. The molecule has 0 aromatic carbocycles. The van der Waals surface area contributed by atoms with Gasteiger partial charge in [0, 0.05) is 18.4 Å². The summed E-state index contributed by atoms with van der Waals surface area (Å²) >= 11 is 7.30. The van der Waals surface area contributed by atoms with Gasteiger partial charge in [0.25, 0.3) is 0 Å². The molecule has 1 heterocycles. The Morgan fingerprint density at radius 2 is 2.40 bits per heavy atom. The van der Waals surface area contributed by atoms with Gasteiger partial charge in [-0.05, 0) is 12.3 Å². The topological polar surface area (TPSA) is 68.1 Å². The fourth-order valence-electron chi connectivity index (χ4n) is 0.977. The first-order valence-corrected chi connectivity index (χ1v) is 5.96. The quantitative estimate of drug-likeness (QED) is 0.375. The lowest BCUT2D eigenvalue weighted by Gasteiger charge is -2.04. The van der Waals surface area contributed by atoms with E-state index in [0.717, 1.165) is 5.75 Å². The number of rotatable bonds is 5.